The zero-order valence-corrected chi connectivity index (χ0v) is 22.0. The van der Waals surface area contributed by atoms with Gasteiger partial charge in [0.25, 0.3) is 28.0 Å². The van der Waals surface area contributed by atoms with Crippen LogP contribution < -0.4 is 10.2 Å². The molecule has 0 spiro atoms. The molecule has 0 bridgehead atoms. The minimum Gasteiger partial charge on any atom is -0.463 e. The van der Waals surface area contributed by atoms with E-state index in [-0.39, 0.29) is 17.8 Å². The molecule has 10 nitrogen and oxygen atoms in total. The van der Waals surface area contributed by atoms with Crippen molar-refractivity contribution in [3.63, 3.8) is 0 Å². The van der Waals surface area contributed by atoms with Gasteiger partial charge in [0, 0.05) is 35.6 Å². The van der Waals surface area contributed by atoms with Gasteiger partial charge in [-0.15, -0.1) is 11.3 Å². The fourth-order valence-electron chi connectivity index (χ4n) is 3.96. The lowest BCUT2D eigenvalue weighted by Gasteiger charge is -2.19. The number of rotatable bonds is 5. The number of amides is 2. The van der Waals surface area contributed by atoms with E-state index in [0.717, 1.165) is 16.8 Å². The van der Waals surface area contributed by atoms with Crippen LogP contribution in [0.4, 0.5) is 11.4 Å². The van der Waals surface area contributed by atoms with Gasteiger partial charge >= 0.3 is 0 Å². The number of fused-ring (bicyclic) bond motifs is 1. The van der Waals surface area contributed by atoms with Gasteiger partial charge in [0.2, 0.25) is 0 Å². The van der Waals surface area contributed by atoms with Crippen LogP contribution >= 0.6 is 22.9 Å². The van der Waals surface area contributed by atoms with Crippen molar-refractivity contribution in [3.05, 3.63) is 80.5 Å². The van der Waals surface area contributed by atoms with Gasteiger partial charge in [0.1, 0.15) is 6.61 Å². The summed E-state index contributed by atoms with van der Waals surface area (Å²) in [6.07, 6.45) is 0.715. The predicted octanol–water partition coefficient (Wildman–Crippen LogP) is 4.09. The van der Waals surface area contributed by atoms with Gasteiger partial charge in [-0.05, 0) is 42.0 Å². The van der Waals surface area contributed by atoms with Crippen LogP contribution in [0.2, 0.25) is 4.34 Å². The first-order valence-electron chi connectivity index (χ1n) is 11.0. The molecule has 13 heteroatoms. The summed E-state index contributed by atoms with van der Waals surface area (Å²) in [6.45, 7) is 1.96. The first-order chi connectivity index (χ1) is 17.5. The van der Waals surface area contributed by atoms with E-state index in [0.29, 0.717) is 53.0 Å². The molecule has 0 atom stereocenters. The summed E-state index contributed by atoms with van der Waals surface area (Å²) in [5.74, 6) is -0.318. The van der Waals surface area contributed by atoms with Gasteiger partial charge in [-0.25, -0.2) is 0 Å². The van der Waals surface area contributed by atoms with Crippen LogP contribution in [0, 0.1) is 5.41 Å². The highest BCUT2D eigenvalue weighted by atomic mass is 35.5. The minimum atomic E-state index is -3.67. The Kier molecular flexibility index (Phi) is 7.83. The van der Waals surface area contributed by atoms with E-state index in [1.54, 1.807) is 34.1 Å². The molecule has 2 aromatic carbocycles. The molecule has 2 aliphatic heterocycles. The second-order valence-electron chi connectivity index (χ2n) is 8.26. The Bertz CT molecular complexity index is 1470. The zero-order chi connectivity index (χ0) is 26.7. The molecule has 194 valence electrons. The van der Waals surface area contributed by atoms with Crippen LogP contribution in [-0.4, -0.2) is 55.1 Å². The van der Waals surface area contributed by atoms with E-state index in [9.17, 15) is 18.0 Å². The number of hydrogen-bond acceptors (Lipinski definition) is 7. The molecule has 5 rings (SSSR count). The lowest BCUT2D eigenvalue weighted by atomic mass is 10.1. The van der Waals surface area contributed by atoms with E-state index in [2.05, 4.69) is 5.32 Å². The topological polar surface area (TPSA) is 140 Å². The van der Waals surface area contributed by atoms with Crippen molar-refractivity contribution in [2.45, 2.75) is 13.1 Å². The average molecular weight is 563 g/mol. The van der Waals surface area contributed by atoms with Crippen molar-refractivity contribution >= 4 is 62.3 Å². The number of ether oxygens (including phenoxy) is 1. The highest BCUT2D eigenvalue weighted by Crippen LogP contribution is 2.32. The third-order valence-corrected chi connectivity index (χ3v) is 6.71. The standard InChI is InChI=1S/C23H19ClN4O3S.CH4O3S/c24-20-8-7-19(32-20)21(29)26-18-6-2-5-16-17(18)13-27(22(16)30)12-14-3-1-4-15(11-14)28-9-10-31-23(28)25;1-5(2,3)4/h1-8,11,25H,9-10,12-13H2,(H,26,29);1H3,(H,2,3,4). The van der Waals surface area contributed by atoms with Gasteiger partial charge in [-0.2, -0.15) is 8.42 Å². The lowest BCUT2D eigenvalue weighted by molar-refractivity contribution is 0.0766. The molecular formula is C24H23ClN4O6S2. The number of halogens is 1. The maximum absolute atomic E-state index is 13.0. The van der Waals surface area contributed by atoms with Gasteiger partial charge in [-0.1, -0.05) is 29.8 Å². The van der Waals surface area contributed by atoms with Crippen LogP contribution in [0.25, 0.3) is 0 Å². The molecule has 0 unspecified atom stereocenters. The summed E-state index contributed by atoms with van der Waals surface area (Å²) in [6, 6.07) is 16.7. The monoisotopic (exact) mass is 562 g/mol. The molecule has 3 N–H and O–H groups in total. The van der Waals surface area contributed by atoms with E-state index in [4.69, 9.17) is 26.3 Å². The summed E-state index contributed by atoms with van der Waals surface area (Å²) in [4.78, 5) is 29.7. The number of hydrogen-bond donors (Lipinski definition) is 3. The third kappa shape index (κ3) is 6.66. The number of carbonyl (C=O) groups is 2. The van der Waals surface area contributed by atoms with Crippen LogP contribution in [0.15, 0.2) is 54.6 Å². The predicted molar refractivity (Wildman–Crippen MR) is 142 cm³/mol. The molecule has 0 radical (unpaired) electrons. The number of nitrogens with zero attached hydrogens (tertiary/aromatic N) is 2. The summed E-state index contributed by atoms with van der Waals surface area (Å²) in [7, 11) is -3.67. The highest BCUT2D eigenvalue weighted by molar-refractivity contribution is 7.85. The van der Waals surface area contributed by atoms with Crippen molar-refractivity contribution < 1.29 is 27.3 Å². The lowest BCUT2D eigenvalue weighted by Crippen LogP contribution is -2.25. The molecule has 37 heavy (non-hydrogen) atoms. The highest BCUT2D eigenvalue weighted by Gasteiger charge is 2.30. The van der Waals surface area contributed by atoms with Crippen LogP contribution in [0.3, 0.4) is 0 Å². The second-order valence-corrected chi connectivity index (χ2v) is 11.4. The number of amidine groups is 1. The van der Waals surface area contributed by atoms with Gasteiger partial charge in [0.15, 0.2) is 0 Å². The Morgan fingerprint density at radius 1 is 1.22 bits per heavy atom. The normalized spacial score (nSPS) is 14.7. The SMILES string of the molecule is CS(=O)(=O)O.N=C1OCCN1c1cccc(CN2Cc3c(NC(=O)c4ccc(Cl)s4)cccc3C2=O)c1. The molecule has 2 aliphatic rings. The molecular weight excluding hydrogens is 540 g/mol. The average Bonchev–Trinajstić information content (AvgIpc) is 3.53. The molecule has 0 aliphatic carbocycles. The summed E-state index contributed by atoms with van der Waals surface area (Å²) in [5.41, 5.74) is 3.86. The molecule has 0 saturated carbocycles. The van der Waals surface area contributed by atoms with Crippen molar-refractivity contribution in [2.75, 3.05) is 29.6 Å². The van der Waals surface area contributed by atoms with E-state index in [1.165, 1.54) is 11.3 Å². The van der Waals surface area contributed by atoms with E-state index in [1.807, 2.05) is 30.3 Å². The fraction of sp³-hybridized carbons (Fsp3) is 0.208. The second kappa shape index (κ2) is 10.9. The van der Waals surface area contributed by atoms with Crippen molar-refractivity contribution in [1.29, 1.82) is 5.41 Å². The summed E-state index contributed by atoms with van der Waals surface area (Å²) in [5, 5.41) is 10.8. The molecule has 1 saturated heterocycles. The van der Waals surface area contributed by atoms with Crippen LogP contribution in [0.1, 0.15) is 31.2 Å². The Hall–Kier alpha value is -3.45. The van der Waals surface area contributed by atoms with Crippen LogP contribution in [0.5, 0.6) is 0 Å². The molecule has 1 fully saturated rings. The number of benzene rings is 2. The summed E-state index contributed by atoms with van der Waals surface area (Å²) >= 11 is 7.15. The Labute approximate surface area is 222 Å². The third-order valence-electron chi connectivity index (χ3n) is 5.48. The molecule has 1 aromatic heterocycles. The quantitative estimate of drug-likeness (QED) is 0.398. The Morgan fingerprint density at radius 2 is 1.95 bits per heavy atom. The van der Waals surface area contributed by atoms with E-state index >= 15 is 0 Å². The van der Waals surface area contributed by atoms with Gasteiger partial charge < -0.3 is 15.0 Å². The van der Waals surface area contributed by atoms with Crippen molar-refractivity contribution in [2.24, 2.45) is 0 Å². The molecule has 3 aromatic rings. The van der Waals surface area contributed by atoms with Crippen LogP contribution in [-0.2, 0) is 27.9 Å². The number of anilines is 2. The first-order valence-corrected chi connectivity index (χ1v) is 14.0. The number of carbonyl (C=O) groups excluding carboxylic acids is 2. The maximum Gasteiger partial charge on any atom is 0.289 e. The maximum atomic E-state index is 13.0. The van der Waals surface area contributed by atoms with Crippen molar-refractivity contribution in [1.82, 2.24) is 4.90 Å². The molecule has 3 heterocycles. The van der Waals surface area contributed by atoms with E-state index < -0.39 is 10.1 Å². The van der Waals surface area contributed by atoms with Crippen molar-refractivity contribution in [3.8, 4) is 0 Å². The Morgan fingerprint density at radius 3 is 2.59 bits per heavy atom. The van der Waals surface area contributed by atoms with Gasteiger partial charge in [0.05, 0.1) is 22.0 Å². The first kappa shape index (κ1) is 26.6. The smallest absolute Gasteiger partial charge is 0.289 e. The molecule has 2 amide bonds. The van der Waals surface area contributed by atoms with Gasteiger partial charge in [-0.3, -0.25) is 24.5 Å². The fourth-order valence-corrected chi connectivity index (χ4v) is 4.90. The zero-order valence-electron chi connectivity index (χ0n) is 19.6. The Balaban J connectivity index is 0.000000586. The number of thiophene rings is 1. The minimum absolute atomic E-state index is 0.0714. The largest absolute Gasteiger partial charge is 0.463 e. The number of nitrogens with one attached hydrogen (secondary N) is 2. The summed E-state index contributed by atoms with van der Waals surface area (Å²) < 4.78 is 31.7.